The van der Waals surface area contributed by atoms with Crippen molar-refractivity contribution in [2.45, 2.75) is 44.6 Å². The zero-order valence-electron chi connectivity index (χ0n) is 14.6. The van der Waals surface area contributed by atoms with Crippen molar-refractivity contribution < 1.29 is 14.3 Å². The molecule has 0 unspecified atom stereocenters. The van der Waals surface area contributed by atoms with Gasteiger partial charge in [-0.1, -0.05) is 37.8 Å². The molecule has 2 N–H and O–H groups in total. The number of urea groups is 1. The Kier molecular flexibility index (Phi) is 6.28. The minimum absolute atomic E-state index is 0.0614. The second-order valence-corrected chi connectivity index (χ2v) is 6.74. The van der Waals surface area contributed by atoms with Gasteiger partial charge in [0.15, 0.2) is 0 Å². The van der Waals surface area contributed by atoms with Crippen molar-refractivity contribution in [3.05, 3.63) is 29.8 Å². The fraction of sp³-hybridized carbons (Fsp3) is 0.579. The first-order valence-electron chi connectivity index (χ1n) is 9.27. The van der Waals surface area contributed by atoms with E-state index in [0.29, 0.717) is 37.6 Å². The number of amides is 3. The van der Waals surface area contributed by atoms with Gasteiger partial charge in [0.05, 0.1) is 24.5 Å². The third-order valence-electron chi connectivity index (χ3n) is 4.89. The van der Waals surface area contributed by atoms with Crippen LogP contribution in [0.5, 0.6) is 0 Å². The van der Waals surface area contributed by atoms with E-state index >= 15 is 0 Å². The van der Waals surface area contributed by atoms with Crippen molar-refractivity contribution in [1.29, 1.82) is 0 Å². The monoisotopic (exact) mass is 345 g/mol. The molecule has 1 heterocycles. The highest BCUT2D eigenvalue weighted by Gasteiger charge is 2.22. The lowest BCUT2D eigenvalue weighted by Crippen LogP contribution is -2.41. The molecule has 2 aliphatic rings. The largest absolute Gasteiger partial charge is 0.378 e. The molecule has 3 rings (SSSR count). The van der Waals surface area contributed by atoms with Crippen molar-refractivity contribution in [3.63, 3.8) is 0 Å². The van der Waals surface area contributed by atoms with Gasteiger partial charge in [0.25, 0.3) is 5.91 Å². The van der Waals surface area contributed by atoms with Crippen LogP contribution >= 0.6 is 0 Å². The molecule has 0 spiro atoms. The van der Waals surface area contributed by atoms with Crippen molar-refractivity contribution in [3.8, 4) is 0 Å². The number of rotatable bonds is 3. The van der Waals surface area contributed by atoms with Crippen LogP contribution in [0.15, 0.2) is 24.3 Å². The number of para-hydroxylation sites is 1. The molecule has 6 nitrogen and oxygen atoms in total. The van der Waals surface area contributed by atoms with Gasteiger partial charge in [-0.2, -0.15) is 0 Å². The number of hydrogen-bond acceptors (Lipinski definition) is 3. The Morgan fingerprint density at radius 2 is 1.68 bits per heavy atom. The van der Waals surface area contributed by atoms with Crippen LogP contribution in [-0.2, 0) is 4.74 Å². The molecule has 1 aromatic carbocycles. The molecule has 136 valence electrons. The Morgan fingerprint density at radius 3 is 2.40 bits per heavy atom. The summed E-state index contributed by atoms with van der Waals surface area (Å²) in [6.45, 7) is 2.29. The average Bonchev–Trinajstić information content (AvgIpc) is 2.91. The molecule has 1 aliphatic heterocycles. The van der Waals surface area contributed by atoms with E-state index in [0.717, 1.165) is 25.7 Å². The summed E-state index contributed by atoms with van der Waals surface area (Å²) in [5.41, 5.74) is 1.09. The van der Waals surface area contributed by atoms with Gasteiger partial charge in [-0.25, -0.2) is 4.79 Å². The van der Waals surface area contributed by atoms with Crippen molar-refractivity contribution >= 4 is 17.6 Å². The summed E-state index contributed by atoms with van der Waals surface area (Å²) >= 11 is 0. The summed E-state index contributed by atoms with van der Waals surface area (Å²) < 4.78 is 5.30. The SMILES string of the molecule is O=C(Nc1ccccc1C(=O)N1CCOCC1)NC1CCCCCC1. The van der Waals surface area contributed by atoms with Gasteiger partial charge in [-0.15, -0.1) is 0 Å². The molecule has 0 radical (unpaired) electrons. The lowest BCUT2D eigenvalue weighted by molar-refractivity contribution is 0.0303. The lowest BCUT2D eigenvalue weighted by Gasteiger charge is -2.27. The molecular formula is C19H27N3O3. The molecular weight excluding hydrogens is 318 g/mol. The normalized spacial score (nSPS) is 19.1. The summed E-state index contributed by atoms with van der Waals surface area (Å²) in [5, 5.41) is 5.93. The molecule has 1 aliphatic carbocycles. The number of morpholine rings is 1. The van der Waals surface area contributed by atoms with Crippen LogP contribution in [0, 0.1) is 0 Å². The zero-order chi connectivity index (χ0) is 17.5. The maximum atomic E-state index is 12.7. The van der Waals surface area contributed by atoms with Crippen LogP contribution < -0.4 is 10.6 Å². The van der Waals surface area contributed by atoms with E-state index in [9.17, 15) is 9.59 Å². The van der Waals surface area contributed by atoms with Gasteiger partial charge >= 0.3 is 6.03 Å². The first kappa shape index (κ1) is 17.7. The Morgan fingerprint density at radius 1 is 1.00 bits per heavy atom. The summed E-state index contributed by atoms with van der Waals surface area (Å²) in [6.07, 6.45) is 6.88. The van der Waals surface area contributed by atoms with Gasteiger partial charge in [-0.05, 0) is 25.0 Å². The van der Waals surface area contributed by atoms with Crippen molar-refractivity contribution in [2.75, 3.05) is 31.6 Å². The van der Waals surface area contributed by atoms with Gasteiger partial charge in [0, 0.05) is 19.1 Å². The molecule has 6 heteroatoms. The van der Waals surface area contributed by atoms with E-state index < -0.39 is 0 Å². The number of ether oxygens (including phenoxy) is 1. The average molecular weight is 345 g/mol. The predicted octanol–water partition coefficient (Wildman–Crippen LogP) is 3.00. The van der Waals surface area contributed by atoms with E-state index in [2.05, 4.69) is 10.6 Å². The molecule has 25 heavy (non-hydrogen) atoms. The predicted molar refractivity (Wildman–Crippen MR) is 96.8 cm³/mol. The fourth-order valence-electron chi connectivity index (χ4n) is 3.48. The van der Waals surface area contributed by atoms with Crippen LogP contribution in [0.4, 0.5) is 10.5 Å². The van der Waals surface area contributed by atoms with Crippen LogP contribution in [-0.4, -0.2) is 49.2 Å². The first-order chi connectivity index (χ1) is 12.2. The summed E-state index contributed by atoms with van der Waals surface area (Å²) in [5.74, 6) is -0.0614. The molecule has 1 saturated heterocycles. The molecule has 2 fully saturated rings. The number of nitrogens with one attached hydrogen (secondary N) is 2. The topological polar surface area (TPSA) is 70.7 Å². The van der Waals surface area contributed by atoms with E-state index in [1.165, 1.54) is 12.8 Å². The summed E-state index contributed by atoms with van der Waals surface area (Å²) in [6, 6.07) is 7.19. The fourth-order valence-corrected chi connectivity index (χ4v) is 3.48. The van der Waals surface area contributed by atoms with E-state index in [4.69, 9.17) is 4.74 Å². The molecule has 1 saturated carbocycles. The highest BCUT2D eigenvalue weighted by molar-refractivity contribution is 6.03. The number of nitrogens with zero attached hydrogens (tertiary/aromatic N) is 1. The van der Waals surface area contributed by atoms with E-state index in [1.807, 2.05) is 12.1 Å². The highest BCUT2D eigenvalue weighted by atomic mass is 16.5. The third-order valence-corrected chi connectivity index (χ3v) is 4.89. The Balaban J connectivity index is 1.63. The van der Waals surface area contributed by atoms with Crippen molar-refractivity contribution in [2.24, 2.45) is 0 Å². The third kappa shape index (κ3) is 4.95. The first-order valence-corrected chi connectivity index (χ1v) is 9.27. The van der Waals surface area contributed by atoms with Crippen molar-refractivity contribution in [1.82, 2.24) is 10.2 Å². The standard InChI is InChI=1S/C19H27N3O3/c23-18(22-11-13-25-14-12-22)16-9-5-6-10-17(16)21-19(24)20-15-7-3-1-2-4-8-15/h5-6,9-10,15H,1-4,7-8,11-14H2,(H2,20,21,24). The lowest BCUT2D eigenvalue weighted by atomic mass is 10.1. The number of hydrogen-bond donors (Lipinski definition) is 2. The smallest absolute Gasteiger partial charge is 0.319 e. The number of carbonyl (C=O) groups is 2. The zero-order valence-corrected chi connectivity index (χ0v) is 14.6. The summed E-state index contributed by atoms with van der Waals surface area (Å²) in [7, 11) is 0. The highest BCUT2D eigenvalue weighted by Crippen LogP contribution is 2.20. The van der Waals surface area contributed by atoms with Gasteiger partial charge in [-0.3, -0.25) is 4.79 Å². The molecule has 3 amide bonds. The van der Waals surface area contributed by atoms with E-state index in [-0.39, 0.29) is 18.0 Å². The van der Waals surface area contributed by atoms with Gasteiger partial charge < -0.3 is 20.3 Å². The molecule has 1 aromatic rings. The minimum Gasteiger partial charge on any atom is -0.378 e. The number of anilines is 1. The second-order valence-electron chi connectivity index (χ2n) is 6.74. The van der Waals surface area contributed by atoms with Gasteiger partial charge in [0.1, 0.15) is 0 Å². The Hall–Kier alpha value is -2.08. The quantitative estimate of drug-likeness (QED) is 0.827. The Labute approximate surface area is 148 Å². The summed E-state index contributed by atoms with van der Waals surface area (Å²) in [4.78, 5) is 26.9. The van der Waals surface area contributed by atoms with Crippen LogP contribution in [0.3, 0.4) is 0 Å². The molecule has 0 atom stereocenters. The van der Waals surface area contributed by atoms with Crippen LogP contribution in [0.1, 0.15) is 48.9 Å². The van der Waals surface area contributed by atoms with Crippen LogP contribution in [0.25, 0.3) is 0 Å². The minimum atomic E-state index is -0.228. The number of carbonyl (C=O) groups excluding carboxylic acids is 2. The van der Waals surface area contributed by atoms with Gasteiger partial charge in [0.2, 0.25) is 0 Å². The maximum Gasteiger partial charge on any atom is 0.319 e. The Bertz CT molecular complexity index is 591. The molecule has 0 bridgehead atoms. The maximum absolute atomic E-state index is 12.7. The van der Waals surface area contributed by atoms with Crippen LogP contribution in [0.2, 0.25) is 0 Å². The van der Waals surface area contributed by atoms with E-state index in [1.54, 1.807) is 17.0 Å². The molecule has 0 aromatic heterocycles. The number of benzene rings is 1. The second kappa shape index (κ2) is 8.85.